The number of anilines is 2. The standard InChI is InChI=1S/C23H28N2O2/c1-14(2)18-6-8-20(9-7-18)24-23(27)19-12-21(26)25(13-19)22-16(4)10-15(3)11-17(22)5/h6-11,14,19H,12-13H2,1-5H3,(H,24,27). The van der Waals surface area contributed by atoms with Crippen molar-refractivity contribution in [3.05, 3.63) is 58.7 Å². The molecule has 0 bridgehead atoms. The third-order valence-electron chi connectivity index (χ3n) is 5.25. The van der Waals surface area contributed by atoms with Crippen molar-refractivity contribution in [1.82, 2.24) is 0 Å². The Bertz CT molecular complexity index is 845. The zero-order valence-corrected chi connectivity index (χ0v) is 16.8. The Labute approximate surface area is 161 Å². The molecule has 1 fully saturated rings. The van der Waals surface area contributed by atoms with E-state index in [0.717, 1.165) is 22.5 Å². The summed E-state index contributed by atoms with van der Waals surface area (Å²) in [7, 11) is 0. The van der Waals surface area contributed by atoms with Crippen molar-refractivity contribution in [2.75, 3.05) is 16.8 Å². The van der Waals surface area contributed by atoms with Crippen LogP contribution in [-0.4, -0.2) is 18.4 Å². The molecule has 4 heteroatoms. The molecule has 0 saturated carbocycles. The van der Waals surface area contributed by atoms with Crippen molar-refractivity contribution in [2.45, 2.75) is 47.0 Å². The molecular formula is C23H28N2O2. The molecule has 1 N–H and O–H groups in total. The van der Waals surface area contributed by atoms with Gasteiger partial charge in [-0.2, -0.15) is 0 Å². The Kier molecular flexibility index (Phi) is 5.36. The lowest BCUT2D eigenvalue weighted by Crippen LogP contribution is -2.29. The van der Waals surface area contributed by atoms with Gasteiger partial charge in [-0.1, -0.05) is 43.7 Å². The summed E-state index contributed by atoms with van der Waals surface area (Å²) in [4.78, 5) is 27.1. The van der Waals surface area contributed by atoms with Gasteiger partial charge in [0, 0.05) is 24.3 Å². The Morgan fingerprint density at radius 3 is 2.22 bits per heavy atom. The number of nitrogens with zero attached hydrogens (tertiary/aromatic N) is 1. The number of carbonyl (C=O) groups is 2. The normalized spacial score (nSPS) is 16.9. The number of benzene rings is 2. The largest absolute Gasteiger partial charge is 0.326 e. The molecule has 27 heavy (non-hydrogen) atoms. The van der Waals surface area contributed by atoms with Crippen molar-refractivity contribution in [3.63, 3.8) is 0 Å². The fraction of sp³-hybridized carbons (Fsp3) is 0.391. The Morgan fingerprint density at radius 2 is 1.67 bits per heavy atom. The molecular weight excluding hydrogens is 336 g/mol. The van der Waals surface area contributed by atoms with Gasteiger partial charge in [0.1, 0.15) is 0 Å². The molecule has 142 valence electrons. The molecule has 2 amide bonds. The Hall–Kier alpha value is -2.62. The van der Waals surface area contributed by atoms with E-state index in [9.17, 15) is 9.59 Å². The van der Waals surface area contributed by atoms with E-state index < -0.39 is 0 Å². The summed E-state index contributed by atoms with van der Waals surface area (Å²) in [6.45, 7) is 10.8. The van der Waals surface area contributed by atoms with E-state index in [-0.39, 0.29) is 24.2 Å². The first-order valence-corrected chi connectivity index (χ1v) is 9.55. The minimum Gasteiger partial charge on any atom is -0.326 e. The van der Waals surface area contributed by atoms with Crippen LogP contribution in [0.2, 0.25) is 0 Å². The lowest BCUT2D eigenvalue weighted by Gasteiger charge is -2.22. The highest BCUT2D eigenvalue weighted by Crippen LogP contribution is 2.32. The Morgan fingerprint density at radius 1 is 1.07 bits per heavy atom. The molecule has 0 aromatic heterocycles. The van der Waals surface area contributed by atoms with Gasteiger partial charge in [-0.15, -0.1) is 0 Å². The highest BCUT2D eigenvalue weighted by molar-refractivity contribution is 6.04. The van der Waals surface area contributed by atoms with E-state index in [4.69, 9.17) is 0 Å². The van der Waals surface area contributed by atoms with Gasteiger partial charge >= 0.3 is 0 Å². The predicted molar refractivity (Wildman–Crippen MR) is 110 cm³/mol. The maximum Gasteiger partial charge on any atom is 0.229 e. The summed E-state index contributed by atoms with van der Waals surface area (Å²) >= 11 is 0. The van der Waals surface area contributed by atoms with Crippen molar-refractivity contribution in [3.8, 4) is 0 Å². The maximum atomic E-state index is 12.7. The first-order chi connectivity index (χ1) is 12.8. The topological polar surface area (TPSA) is 49.4 Å². The second-order valence-electron chi connectivity index (χ2n) is 7.92. The average Bonchev–Trinajstić information content (AvgIpc) is 2.96. The third-order valence-corrected chi connectivity index (χ3v) is 5.25. The molecule has 4 nitrogen and oxygen atoms in total. The number of amides is 2. The van der Waals surface area contributed by atoms with Crippen molar-refractivity contribution in [2.24, 2.45) is 5.92 Å². The fourth-order valence-corrected chi connectivity index (χ4v) is 3.89. The minimum absolute atomic E-state index is 0.0142. The molecule has 1 saturated heterocycles. The van der Waals surface area contributed by atoms with Crippen LogP contribution < -0.4 is 10.2 Å². The molecule has 3 rings (SSSR count). The summed E-state index contributed by atoms with van der Waals surface area (Å²) in [5, 5.41) is 2.96. The van der Waals surface area contributed by atoms with Gasteiger partial charge in [0.15, 0.2) is 0 Å². The van der Waals surface area contributed by atoms with E-state index in [0.29, 0.717) is 12.5 Å². The number of carbonyl (C=O) groups excluding carboxylic acids is 2. The van der Waals surface area contributed by atoms with Crippen LogP contribution >= 0.6 is 0 Å². The third kappa shape index (κ3) is 4.05. The van der Waals surface area contributed by atoms with E-state index >= 15 is 0 Å². The van der Waals surface area contributed by atoms with Crippen molar-refractivity contribution >= 4 is 23.2 Å². The number of rotatable bonds is 4. The SMILES string of the molecule is Cc1cc(C)c(N2CC(C(=O)Nc3ccc(C(C)C)cc3)CC2=O)c(C)c1. The summed E-state index contributed by atoms with van der Waals surface area (Å²) in [5.41, 5.74) is 6.29. The monoisotopic (exact) mass is 364 g/mol. The number of hydrogen-bond acceptors (Lipinski definition) is 2. The number of aryl methyl sites for hydroxylation is 3. The Balaban J connectivity index is 1.72. The molecule has 1 aliphatic heterocycles. The summed E-state index contributed by atoms with van der Waals surface area (Å²) in [6, 6.07) is 12.1. The minimum atomic E-state index is -0.331. The van der Waals surface area contributed by atoms with Gasteiger partial charge in [0.05, 0.1) is 5.92 Å². The predicted octanol–water partition coefficient (Wildman–Crippen LogP) is 4.73. The first-order valence-electron chi connectivity index (χ1n) is 9.55. The van der Waals surface area contributed by atoms with Gasteiger partial charge in [-0.05, 0) is 55.5 Å². The molecule has 0 spiro atoms. The number of hydrogen-bond donors (Lipinski definition) is 1. The van der Waals surface area contributed by atoms with Crippen LogP contribution in [0.3, 0.4) is 0 Å². The smallest absolute Gasteiger partial charge is 0.229 e. The molecule has 0 aliphatic carbocycles. The quantitative estimate of drug-likeness (QED) is 0.853. The zero-order valence-electron chi connectivity index (χ0n) is 16.8. The molecule has 0 radical (unpaired) electrons. The van der Waals surface area contributed by atoms with E-state index in [1.165, 1.54) is 11.1 Å². The highest BCUT2D eigenvalue weighted by atomic mass is 16.2. The zero-order chi connectivity index (χ0) is 19.7. The molecule has 2 aromatic rings. The van der Waals surface area contributed by atoms with Gasteiger partial charge < -0.3 is 10.2 Å². The van der Waals surface area contributed by atoms with Crippen LogP contribution in [0.15, 0.2) is 36.4 Å². The van der Waals surface area contributed by atoms with Gasteiger partial charge in [0.25, 0.3) is 0 Å². The molecule has 1 aliphatic rings. The van der Waals surface area contributed by atoms with E-state index in [1.54, 1.807) is 4.90 Å². The second kappa shape index (κ2) is 7.55. The van der Waals surface area contributed by atoms with Crippen molar-refractivity contribution < 1.29 is 9.59 Å². The molecule has 1 unspecified atom stereocenters. The summed E-state index contributed by atoms with van der Waals surface area (Å²) < 4.78 is 0. The van der Waals surface area contributed by atoms with Crippen molar-refractivity contribution in [1.29, 1.82) is 0 Å². The lowest BCUT2D eigenvalue weighted by atomic mass is 10.0. The van der Waals surface area contributed by atoms with E-state index in [2.05, 4.69) is 38.2 Å². The summed E-state index contributed by atoms with van der Waals surface area (Å²) in [5.74, 6) is 0.0463. The average molecular weight is 364 g/mol. The summed E-state index contributed by atoms with van der Waals surface area (Å²) in [6.07, 6.45) is 0.253. The van der Waals surface area contributed by atoms with Crippen LogP contribution in [-0.2, 0) is 9.59 Å². The van der Waals surface area contributed by atoms with Crippen LogP contribution in [0.4, 0.5) is 11.4 Å². The lowest BCUT2D eigenvalue weighted by molar-refractivity contribution is -0.122. The molecule has 1 atom stereocenters. The van der Waals surface area contributed by atoms with Crippen LogP contribution in [0, 0.1) is 26.7 Å². The second-order valence-corrected chi connectivity index (χ2v) is 7.92. The van der Waals surface area contributed by atoms with Gasteiger partial charge in [0.2, 0.25) is 11.8 Å². The molecule has 2 aromatic carbocycles. The molecule has 1 heterocycles. The van der Waals surface area contributed by atoms with Crippen LogP contribution in [0.1, 0.15) is 48.4 Å². The highest BCUT2D eigenvalue weighted by Gasteiger charge is 2.36. The van der Waals surface area contributed by atoms with Crippen LogP contribution in [0.25, 0.3) is 0 Å². The number of nitrogens with one attached hydrogen (secondary N) is 1. The van der Waals surface area contributed by atoms with E-state index in [1.807, 2.05) is 38.1 Å². The fourth-order valence-electron chi connectivity index (χ4n) is 3.89. The first kappa shape index (κ1) is 19.2. The van der Waals surface area contributed by atoms with Crippen LogP contribution in [0.5, 0.6) is 0 Å². The van der Waals surface area contributed by atoms with Gasteiger partial charge in [-0.3, -0.25) is 9.59 Å². The van der Waals surface area contributed by atoms with Gasteiger partial charge in [-0.25, -0.2) is 0 Å². The maximum absolute atomic E-state index is 12.7.